The molecule has 5 nitrogen and oxygen atoms in total. The summed E-state index contributed by atoms with van der Waals surface area (Å²) in [5.74, 6) is 0.599. The lowest BCUT2D eigenvalue weighted by Crippen LogP contribution is -2.06. The number of aromatic nitrogens is 5. The van der Waals surface area contributed by atoms with Crippen LogP contribution in [0.25, 0.3) is 98.2 Å². The summed E-state index contributed by atoms with van der Waals surface area (Å²) in [7, 11) is 0. The minimum atomic E-state index is -0.477. The third kappa shape index (κ3) is 4.24. The topological polar surface area (TPSA) is 48.5 Å². The van der Waals surface area contributed by atoms with Gasteiger partial charge < -0.3 is 4.57 Å². The van der Waals surface area contributed by atoms with Gasteiger partial charge in [0.15, 0.2) is 11.6 Å². The molecule has 11 rings (SSSR count). The third-order valence-corrected chi connectivity index (χ3v) is 10.9. The Hall–Kier alpha value is -6.63. The number of nitrogens with zero attached hydrogens (tertiary/aromatic N) is 5. The lowest BCUT2D eigenvalue weighted by Gasteiger charge is -2.11. The van der Waals surface area contributed by atoms with Crippen LogP contribution in [0.15, 0.2) is 164 Å². The lowest BCUT2D eigenvalue weighted by molar-refractivity contribution is 0.955. The first-order chi connectivity index (χ1) is 27.4. The van der Waals surface area contributed by atoms with E-state index in [4.69, 9.17) is 21.8 Å². The minimum absolute atomic E-state index is 0.00666. The minimum Gasteiger partial charge on any atom is -0.309 e. The fraction of sp³-hybridized carbons (Fsp3) is 0. The summed E-state index contributed by atoms with van der Waals surface area (Å²) in [4.78, 5) is 15.1. The van der Waals surface area contributed by atoms with E-state index in [0.717, 1.165) is 75.0 Å². The van der Waals surface area contributed by atoms with Crippen LogP contribution in [0, 0.1) is 0 Å². The van der Waals surface area contributed by atoms with E-state index >= 15 is 0 Å². The molecule has 0 fully saturated rings. The van der Waals surface area contributed by atoms with Crippen LogP contribution >= 0.6 is 11.3 Å². The molecule has 0 aliphatic carbocycles. The van der Waals surface area contributed by atoms with Crippen molar-refractivity contribution in [2.75, 3.05) is 0 Å². The standard InChI is InChI=1S/C45H27N5S/c1-3-14-28(15-4-1)43-46-44(34-22-13-21-33-32-20-9-12-25-41(32)51-42(33)34)48-45(47-43)50-38-24-11-8-19-31(38)36-26-39-35(27-40(36)50)30-18-7-10-23-37(30)49(39)29-16-5-2-6-17-29/h1-27H/i1D,3D,4D,14D,15D. The Morgan fingerprint density at radius 1 is 0.471 bits per heavy atom. The van der Waals surface area contributed by atoms with Crippen LogP contribution in [0.1, 0.15) is 6.85 Å². The monoisotopic (exact) mass is 674 g/mol. The third-order valence-electron chi connectivity index (χ3n) is 9.67. The summed E-state index contributed by atoms with van der Waals surface area (Å²) in [6, 6.07) is 43.4. The fourth-order valence-electron chi connectivity index (χ4n) is 7.48. The number of benzene rings is 7. The number of hydrogen-bond acceptors (Lipinski definition) is 4. The van der Waals surface area contributed by atoms with Crippen LogP contribution in [-0.4, -0.2) is 24.1 Å². The first kappa shape index (κ1) is 23.7. The average molecular weight is 675 g/mol. The summed E-state index contributed by atoms with van der Waals surface area (Å²) >= 11 is 1.64. The van der Waals surface area contributed by atoms with Crippen molar-refractivity contribution < 1.29 is 6.85 Å². The molecule has 0 spiro atoms. The first-order valence-corrected chi connectivity index (χ1v) is 17.4. The predicted octanol–water partition coefficient (Wildman–Crippen LogP) is 11.8. The number of para-hydroxylation sites is 3. The van der Waals surface area contributed by atoms with Gasteiger partial charge in [0.2, 0.25) is 5.95 Å². The largest absolute Gasteiger partial charge is 0.309 e. The molecule has 0 radical (unpaired) electrons. The molecular formula is C45H27N5S. The smallest absolute Gasteiger partial charge is 0.238 e. The molecule has 0 saturated carbocycles. The van der Waals surface area contributed by atoms with Gasteiger partial charge in [0, 0.05) is 58.5 Å². The van der Waals surface area contributed by atoms with E-state index in [1.165, 1.54) is 0 Å². The van der Waals surface area contributed by atoms with E-state index in [2.05, 4.69) is 77.4 Å². The Labute approximate surface area is 303 Å². The maximum atomic E-state index is 8.92. The number of thiophene rings is 1. The molecule has 0 amide bonds. The van der Waals surface area contributed by atoms with Gasteiger partial charge in [-0.2, -0.15) is 9.97 Å². The molecule has 0 N–H and O–H groups in total. The highest BCUT2D eigenvalue weighted by molar-refractivity contribution is 7.26. The van der Waals surface area contributed by atoms with E-state index in [1.54, 1.807) is 11.3 Å². The second kappa shape index (κ2) is 10.9. The molecule has 51 heavy (non-hydrogen) atoms. The van der Waals surface area contributed by atoms with Gasteiger partial charge in [-0.15, -0.1) is 11.3 Å². The highest BCUT2D eigenvalue weighted by atomic mass is 32.1. The molecule has 11 aromatic rings. The van der Waals surface area contributed by atoms with E-state index in [-0.39, 0.29) is 29.4 Å². The number of rotatable bonds is 4. The quantitative estimate of drug-likeness (QED) is 0.187. The van der Waals surface area contributed by atoms with E-state index in [0.29, 0.717) is 5.82 Å². The van der Waals surface area contributed by atoms with Gasteiger partial charge in [0.05, 0.1) is 28.9 Å². The second-order valence-corrected chi connectivity index (χ2v) is 13.5. The van der Waals surface area contributed by atoms with Crippen LogP contribution < -0.4 is 0 Å². The van der Waals surface area contributed by atoms with Crippen molar-refractivity contribution in [3.63, 3.8) is 0 Å². The molecule has 7 aromatic carbocycles. The van der Waals surface area contributed by atoms with Gasteiger partial charge in [0.25, 0.3) is 0 Å². The van der Waals surface area contributed by atoms with E-state index in [9.17, 15) is 0 Å². The molecule has 238 valence electrons. The van der Waals surface area contributed by atoms with Crippen molar-refractivity contribution in [3.8, 4) is 34.4 Å². The molecule has 4 heterocycles. The number of fused-ring (bicyclic) bond motifs is 9. The van der Waals surface area contributed by atoms with Crippen molar-refractivity contribution in [2.24, 2.45) is 0 Å². The summed E-state index contributed by atoms with van der Waals surface area (Å²) in [5.41, 5.74) is 5.59. The summed E-state index contributed by atoms with van der Waals surface area (Å²) < 4.78 is 49.5. The summed E-state index contributed by atoms with van der Waals surface area (Å²) in [5, 5.41) is 6.31. The van der Waals surface area contributed by atoms with Crippen molar-refractivity contribution in [1.29, 1.82) is 0 Å². The van der Waals surface area contributed by atoms with Crippen LogP contribution in [0.5, 0.6) is 0 Å². The SMILES string of the molecule is [2H]c1c([2H])c([2H])c(-c2nc(-c3cccc4c3sc3ccccc34)nc(-n3c4ccccc4c4cc5c(cc43)c3ccccc3n5-c3ccccc3)n2)c([2H])c1[2H]. The zero-order valence-electron chi connectivity index (χ0n) is 31.8. The Morgan fingerprint density at radius 3 is 1.84 bits per heavy atom. The Morgan fingerprint density at radius 2 is 1.08 bits per heavy atom. The second-order valence-electron chi connectivity index (χ2n) is 12.5. The normalized spacial score (nSPS) is 13.3. The Balaban J connectivity index is 1.27. The predicted molar refractivity (Wildman–Crippen MR) is 212 cm³/mol. The van der Waals surface area contributed by atoms with Gasteiger partial charge in [-0.05, 0) is 48.5 Å². The lowest BCUT2D eigenvalue weighted by atomic mass is 10.1. The molecule has 4 aromatic heterocycles. The van der Waals surface area contributed by atoms with Gasteiger partial charge in [0.1, 0.15) is 0 Å². The zero-order chi connectivity index (χ0) is 37.8. The molecule has 0 bridgehead atoms. The first-order valence-electron chi connectivity index (χ1n) is 19.1. The molecule has 0 unspecified atom stereocenters. The molecule has 0 saturated heterocycles. The maximum Gasteiger partial charge on any atom is 0.238 e. The van der Waals surface area contributed by atoms with Gasteiger partial charge in [-0.3, -0.25) is 4.57 Å². The average Bonchev–Trinajstić information content (AvgIpc) is 3.89. The summed E-state index contributed by atoms with van der Waals surface area (Å²) in [6.07, 6.45) is 0. The Bertz CT molecular complexity index is 3410. The van der Waals surface area contributed by atoms with Crippen LogP contribution in [0.2, 0.25) is 0 Å². The van der Waals surface area contributed by atoms with Crippen molar-refractivity contribution in [3.05, 3.63) is 164 Å². The number of hydrogen-bond donors (Lipinski definition) is 0. The molecule has 6 heteroatoms. The van der Waals surface area contributed by atoms with Gasteiger partial charge >= 0.3 is 0 Å². The Kier molecular flexibility index (Phi) is 5.08. The summed E-state index contributed by atoms with van der Waals surface area (Å²) in [6.45, 7) is 0. The molecular weight excluding hydrogens is 643 g/mol. The highest BCUT2D eigenvalue weighted by Crippen LogP contribution is 2.41. The van der Waals surface area contributed by atoms with E-state index < -0.39 is 18.1 Å². The van der Waals surface area contributed by atoms with Crippen molar-refractivity contribution >= 4 is 75.1 Å². The highest BCUT2D eigenvalue weighted by Gasteiger charge is 2.22. The molecule has 0 atom stereocenters. The zero-order valence-corrected chi connectivity index (χ0v) is 27.7. The van der Waals surface area contributed by atoms with Crippen LogP contribution in [0.4, 0.5) is 0 Å². The molecule has 0 aliphatic heterocycles. The van der Waals surface area contributed by atoms with Gasteiger partial charge in [-0.25, -0.2) is 4.98 Å². The van der Waals surface area contributed by atoms with Gasteiger partial charge in [-0.1, -0.05) is 115 Å². The van der Waals surface area contributed by atoms with Crippen molar-refractivity contribution in [1.82, 2.24) is 24.1 Å². The van der Waals surface area contributed by atoms with Crippen molar-refractivity contribution in [2.45, 2.75) is 0 Å². The fourth-order valence-corrected chi connectivity index (χ4v) is 8.70. The maximum absolute atomic E-state index is 8.92. The van der Waals surface area contributed by atoms with E-state index in [1.807, 2.05) is 65.2 Å². The molecule has 0 aliphatic rings. The van der Waals surface area contributed by atoms with Crippen LogP contribution in [-0.2, 0) is 0 Å². The van der Waals surface area contributed by atoms with Crippen LogP contribution in [0.3, 0.4) is 0 Å².